The van der Waals surface area contributed by atoms with E-state index in [1.807, 2.05) is 4.90 Å². The zero-order valence-corrected chi connectivity index (χ0v) is 14.1. The van der Waals surface area contributed by atoms with Gasteiger partial charge in [0.15, 0.2) is 5.76 Å². The molecule has 128 valence electrons. The van der Waals surface area contributed by atoms with E-state index < -0.39 is 0 Å². The molecule has 1 saturated heterocycles. The molecule has 0 unspecified atom stereocenters. The lowest BCUT2D eigenvalue weighted by atomic mass is 10.1. The van der Waals surface area contributed by atoms with Crippen LogP contribution in [0.2, 0.25) is 0 Å². The van der Waals surface area contributed by atoms with Gasteiger partial charge in [0.05, 0.1) is 6.26 Å². The highest BCUT2D eigenvalue weighted by molar-refractivity contribution is 5.91. The molecule has 0 radical (unpaired) electrons. The second-order valence-electron chi connectivity index (χ2n) is 6.33. The van der Waals surface area contributed by atoms with Gasteiger partial charge in [-0.3, -0.25) is 9.59 Å². The van der Waals surface area contributed by atoms with E-state index in [-0.39, 0.29) is 11.8 Å². The summed E-state index contributed by atoms with van der Waals surface area (Å²) in [7, 11) is 0. The Labute approximate surface area is 137 Å². The highest BCUT2D eigenvalue weighted by atomic mass is 16.3. The van der Waals surface area contributed by atoms with Crippen molar-refractivity contribution in [1.82, 2.24) is 15.1 Å². The van der Waals surface area contributed by atoms with Crippen molar-refractivity contribution in [2.75, 3.05) is 39.3 Å². The molecule has 0 saturated carbocycles. The van der Waals surface area contributed by atoms with Crippen molar-refractivity contribution >= 4 is 11.8 Å². The Balaban J connectivity index is 1.65. The molecule has 2 amide bonds. The smallest absolute Gasteiger partial charge is 0.289 e. The second kappa shape index (κ2) is 8.72. The Kier molecular flexibility index (Phi) is 6.65. The van der Waals surface area contributed by atoms with E-state index in [1.165, 1.54) is 6.26 Å². The van der Waals surface area contributed by atoms with Crippen molar-refractivity contribution in [2.24, 2.45) is 5.92 Å². The molecular weight excluding hydrogens is 294 g/mol. The average Bonchev–Trinajstić information content (AvgIpc) is 3.08. The molecule has 1 aromatic rings. The molecule has 1 aliphatic heterocycles. The molecule has 0 bridgehead atoms. The topological polar surface area (TPSA) is 65.8 Å². The van der Waals surface area contributed by atoms with E-state index in [1.54, 1.807) is 17.0 Å². The van der Waals surface area contributed by atoms with Crippen LogP contribution in [0.5, 0.6) is 0 Å². The lowest BCUT2D eigenvalue weighted by Crippen LogP contribution is -2.50. The Morgan fingerprint density at radius 2 is 1.87 bits per heavy atom. The summed E-state index contributed by atoms with van der Waals surface area (Å²) in [6.07, 6.45) is 3.14. The third-order valence-corrected chi connectivity index (χ3v) is 4.07. The van der Waals surface area contributed by atoms with E-state index >= 15 is 0 Å². The number of nitrogens with one attached hydrogen (secondary N) is 1. The molecule has 0 aromatic carbocycles. The normalized spacial score (nSPS) is 15.3. The minimum absolute atomic E-state index is 0.0996. The number of rotatable bonds is 7. The molecule has 1 aliphatic rings. The fourth-order valence-corrected chi connectivity index (χ4v) is 2.58. The maximum absolute atomic E-state index is 12.2. The molecule has 0 spiro atoms. The molecule has 1 aromatic heterocycles. The Morgan fingerprint density at radius 3 is 2.48 bits per heavy atom. The molecule has 6 nitrogen and oxygen atoms in total. The summed E-state index contributed by atoms with van der Waals surface area (Å²) in [4.78, 5) is 27.9. The first kappa shape index (κ1) is 17.5. The van der Waals surface area contributed by atoms with Crippen LogP contribution in [0.3, 0.4) is 0 Å². The fourth-order valence-electron chi connectivity index (χ4n) is 2.58. The number of hydrogen-bond acceptors (Lipinski definition) is 4. The van der Waals surface area contributed by atoms with Gasteiger partial charge in [0.1, 0.15) is 0 Å². The van der Waals surface area contributed by atoms with E-state index in [0.29, 0.717) is 44.3 Å². The first-order chi connectivity index (χ1) is 11.1. The van der Waals surface area contributed by atoms with Crippen molar-refractivity contribution in [3.05, 3.63) is 24.2 Å². The fraction of sp³-hybridized carbons (Fsp3) is 0.647. The Morgan fingerprint density at radius 1 is 1.17 bits per heavy atom. The van der Waals surface area contributed by atoms with Crippen LogP contribution in [0.1, 0.15) is 37.2 Å². The summed E-state index contributed by atoms with van der Waals surface area (Å²) in [6.45, 7) is 8.37. The summed E-state index contributed by atoms with van der Waals surface area (Å²) >= 11 is 0. The van der Waals surface area contributed by atoms with Crippen LogP contribution < -0.4 is 5.32 Å². The van der Waals surface area contributed by atoms with Crippen LogP contribution in [-0.2, 0) is 4.79 Å². The van der Waals surface area contributed by atoms with Crippen molar-refractivity contribution < 1.29 is 14.0 Å². The van der Waals surface area contributed by atoms with Crippen LogP contribution in [0.15, 0.2) is 22.8 Å². The number of piperazine rings is 1. The van der Waals surface area contributed by atoms with Crippen molar-refractivity contribution in [1.29, 1.82) is 0 Å². The molecule has 0 atom stereocenters. The summed E-state index contributed by atoms with van der Waals surface area (Å²) in [5.41, 5.74) is 0. The number of carbonyl (C=O) groups excluding carboxylic acids is 2. The van der Waals surface area contributed by atoms with E-state index in [2.05, 4.69) is 19.2 Å². The summed E-state index contributed by atoms with van der Waals surface area (Å²) in [5, 5.41) is 3.31. The first-order valence-electron chi connectivity index (χ1n) is 8.39. The predicted molar refractivity (Wildman–Crippen MR) is 88.1 cm³/mol. The molecule has 1 fully saturated rings. The number of nitrogens with zero attached hydrogens (tertiary/aromatic N) is 2. The minimum atomic E-state index is -0.0996. The van der Waals surface area contributed by atoms with E-state index in [9.17, 15) is 9.59 Å². The van der Waals surface area contributed by atoms with Gasteiger partial charge in [0, 0.05) is 39.1 Å². The van der Waals surface area contributed by atoms with Crippen molar-refractivity contribution in [2.45, 2.75) is 26.7 Å². The predicted octanol–water partition coefficient (Wildman–Crippen LogP) is 1.59. The highest BCUT2D eigenvalue weighted by Gasteiger charge is 2.25. The third-order valence-electron chi connectivity index (χ3n) is 4.07. The molecule has 6 heteroatoms. The second-order valence-corrected chi connectivity index (χ2v) is 6.33. The Hall–Kier alpha value is -1.82. The lowest BCUT2D eigenvalue weighted by Gasteiger charge is -2.34. The molecule has 0 aliphatic carbocycles. The van der Waals surface area contributed by atoms with Gasteiger partial charge in [0.25, 0.3) is 5.91 Å². The number of amides is 2. The van der Waals surface area contributed by atoms with Gasteiger partial charge in [-0.15, -0.1) is 0 Å². The van der Waals surface area contributed by atoms with Gasteiger partial charge in [-0.25, -0.2) is 0 Å². The maximum Gasteiger partial charge on any atom is 0.289 e. The average molecular weight is 321 g/mol. The zero-order chi connectivity index (χ0) is 16.7. The molecule has 23 heavy (non-hydrogen) atoms. The largest absolute Gasteiger partial charge is 0.459 e. The number of furan rings is 1. The van der Waals surface area contributed by atoms with Crippen LogP contribution >= 0.6 is 0 Å². The van der Waals surface area contributed by atoms with Gasteiger partial charge >= 0.3 is 0 Å². The van der Waals surface area contributed by atoms with Gasteiger partial charge in [-0.1, -0.05) is 13.8 Å². The summed E-state index contributed by atoms with van der Waals surface area (Å²) < 4.78 is 5.14. The van der Waals surface area contributed by atoms with Crippen molar-refractivity contribution in [3.8, 4) is 0 Å². The summed E-state index contributed by atoms with van der Waals surface area (Å²) in [5.74, 6) is 1.10. The van der Waals surface area contributed by atoms with E-state index in [0.717, 1.165) is 19.5 Å². The number of carbonyl (C=O) groups is 2. The molecule has 2 rings (SSSR count). The van der Waals surface area contributed by atoms with Crippen LogP contribution in [0, 0.1) is 5.92 Å². The molecule has 2 heterocycles. The zero-order valence-electron chi connectivity index (χ0n) is 14.1. The third kappa shape index (κ3) is 5.39. The minimum Gasteiger partial charge on any atom is -0.459 e. The van der Waals surface area contributed by atoms with Crippen molar-refractivity contribution in [3.63, 3.8) is 0 Å². The van der Waals surface area contributed by atoms with E-state index in [4.69, 9.17) is 4.42 Å². The van der Waals surface area contributed by atoms with Crippen LogP contribution in [-0.4, -0.2) is 60.9 Å². The van der Waals surface area contributed by atoms with Crippen LogP contribution in [0.25, 0.3) is 0 Å². The maximum atomic E-state index is 12.2. The Bertz CT molecular complexity index is 491. The number of hydrogen-bond donors (Lipinski definition) is 1. The van der Waals surface area contributed by atoms with Crippen LogP contribution in [0.4, 0.5) is 0 Å². The summed E-state index contributed by atoms with van der Waals surface area (Å²) in [6, 6.07) is 3.38. The molecule has 1 N–H and O–H groups in total. The van der Waals surface area contributed by atoms with Gasteiger partial charge in [0.2, 0.25) is 5.91 Å². The first-order valence-corrected chi connectivity index (χ1v) is 8.39. The van der Waals surface area contributed by atoms with Gasteiger partial charge in [-0.05, 0) is 31.0 Å². The van der Waals surface area contributed by atoms with Gasteiger partial charge in [-0.2, -0.15) is 0 Å². The SMILES string of the molecule is CC(C)CCNCCC(=O)N1CCN(C(=O)c2ccco2)CC1. The quantitative estimate of drug-likeness (QED) is 0.775. The monoisotopic (exact) mass is 321 g/mol. The standard InChI is InChI=1S/C17H27N3O3/c1-14(2)5-7-18-8-6-16(21)19-9-11-20(12-10-19)17(22)15-4-3-13-23-15/h3-4,13-14,18H,5-12H2,1-2H3. The van der Waals surface area contributed by atoms with Gasteiger partial charge < -0.3 is 19.5 Å². The lowest BCUT2D eigenvalue weighted by molar-refractivity contribution is -0.132. The molecular formula is C17H27N3O3. The highest BCUT2D eigenvalue weighted by Crippen LogP contribution is 2.10.